The van der Waals surface area contributed by atoms with Crippen molar-refractivity contribution in [2.75, 3.05) is 25.4 Å². The number of nitrogens with two attached hydrogens (primary N) is 2. The SMILES string of the molecule is CC1(CN)CCN(C(=O)c2ccccc2SCC(N)=O)C1.Cl. The standard InChI is InChI=1S/C15H21N3O2S.ClH/c1-15(9-16)6-7-18(10-15)14(20)11-4-2-3-5-12(11)21-8-13(17)19;/h2-5H,6-10,16H2,1H3,(H2,17,19);1H. The van der Waals surface area contributed by atoms with Crippen LogP contribution in [-0.4, -0.2) is 42.1 Å². The third kappa shape index (κ3) is 4.38. The van der Waals surface area contributed by atoms with Gasteiger partial charge in [-0.05, 0) is 30.5 Å². The molecule has 2 rings (SSSR count). The fourth-order valence-corrected chi connectivity index (χ4v) is 3.24. The molecule has 22 heavy (non-hydrogen) atoms. The van der Waals surface area contributed by atoms with Gasteiger partial charge in [-0.15, -0.1) is 24.2 Å². The van der Waals surface area contributed by atoms with E-state index in [2.05, 4.69) is 6.92 Å². The quantitative estimate of drug-likeness (QED) is 0.793. The number of benzene rings is 1. The number of thioether (sulfide) groups is 1. The first kappa shape index (κ1) is 18.8. The number of halogens is 1. The molecular formula is C15H22ClN3O2S. The number of likely N-dealkylation sites (tertiary alicyclic amines) is 1. The number of rotatable bonds is 5. The minimum Gasteiger partial charge on any atom is -0.369 e. The average molecular weight is 344 g/mol. The lowest BCUT2D eigenvalue weighted by Crippen LogP contribution is -2.34. The molecule has 1 atom stereocenters. The van der Waals surface area contributed by atoms with Crippen LogP contribution in [0.4, 0.5) is 0 Å². The number of hydrogen-bond donors (Lipinski definition) is 2. The normalized spacial score (nSPS) is 20.5. The van der Waals surface area contributed by atoms with E-state index in [-0.39, 0.29) is 35.4 Å². The number of carbonyl (C=O) groups is 2. The fraction of sp³-hybridized carbons (Fsp3) is 0.467. The van der Waals surface area contributed by atoms with E-state index < -0.39 is 0 Å². The van der Waals surface area contributed by atoms with Crippen molar-refractivity contribution in [1.82, 2.24) is 4.90 Å². The summed E-state index contributed by atoms with van der Waals surface area (Å²) in [6, 6.07) is 7.33. The lowest BCUT2D eigenvalue weighted by Gasteiger charge is -2.23. The smallest absolute Gasteiger partial charge is 0.255 e. The van der Waals surface area contributed by atoms with Gasteiger partial charge in [-0.25, -0.2) is 0 Å². The first-order valence-electron chi connectivity index (χ1n) is 6.95. The number of primary amides is 1. The molecule has 0 aliphatic carbocycles. The molecule has 0 aromatic heterocycles. The Morgan fingerprint density at radius 3 is 2.64 bits per heavy atom. The zero-order chi connectivity index (χ0) is 15.5. The van der Waals surface area contributed by atoms with E-state index in [9.17, 15) is 9.59 Å². The van der Waals surface area contributed by atoms with Crippen molar-refractivity contribution in [3.05, 3.63) is 29.8 Å². The third-order valence-corrected chi connectivity index (χ3v) is 4.92. The summed E-state index contributed by atoms with van der Waals surface area (Å²) in [7, 11) is 0. The van der Waals surface area contributed by atoms with Crippen LogP contribution >= 0.6 is 24.2 Å². The fourth-order valence-electron chi connectivity index (χ4n) is 2.45. The summed E-state index contributed by atoms with van der Waals surface area (Å²) in [6.07, 6.45) is 0.922. The molecule has 2 amide bonds. The van der Waals surface area contributed by atoms with E-state index in [4.69, 9.17) is 11.5 Å². The Bertz CT molecular complexity index is 555. The van der Waals surface area contributed by atoms with E-state index in [1.165, 1.54) is 11.8 Å². The Labute approximate surface area is 141 Å². The lowest BCUT2D eigenvalue weighted by molar-refractivity contribution is -0.115. The molecule has 1 aromatic carbocycles. The highest BCUT2D eigenvalue weighted by atomic mass is 35.5. The number of amides is 2. The largest absolute Gasteiger partial charge is 0.369 e. The van der Waals surface area contributed by atoms with E-state index in [1.807, 2.05) is 23.1 Å². The van der Waals surface area contributed by atoms with Gasteiger partial charge in [0.25, 0.3) is 5.91 Å². The summed E-state index contributed by atoms with van der Waals surface area (Å²) in [5.74, 6) is -0.218. The van der Waals surface area contributed by atoms with Crippen LogP contribution in [0, 0.1) is 5.41 Å². The van der Waals surface area contributed by atoms with Crippen LogP contribution in [0.3, 0.4) is 0 Å². The van der Waals surface area contributed by atoms with Crippen LogP contribution in [0.15, 0.2) is 29.2 Å². The second kappa shape index (κ2) is 7.85. The Hall–Kier alpha value is -1.24. The molecule has 1 fully saturated rings. The Kier molecular flexibility index (Phi) is 6.71. The van der Waals surface area contributed by atoms with E-state index in [1.54, 1.807) is 6.07 Å². The van der Waals surface area contributed by atoms with Crippen LogP contribution in [0.25, 0.3) is 0 Å². The number of hydrogen-bond acceptors (Lipinski definition) is 4. The van der Waals surface area contributed by atoms with Gasteiger partial charge < -0.3 is 16.4 Å². The predicted molar refractivity (Wildman–Crippen MR) is 91.3 cm³/mol. The topological polar surface area (TPSA) is 89.4 Å². The average Bonchev–Trinajstić information content (AvgIpc) is 2.88. The summed E-state index contributed by atoms with van der Waals surface area (Å²) in [4.78, 5) is 26.2. The molecule has 0 radical (unpaired) electrons. The lowest BCUT2D eigenvalue weighted by atomic mass is 9.90. The maximum absolute atomic E-state index is 12.7. The Morgan fingerprint density at radius 1 is 1.36 bits per heavy atom. The number of carbonyl (C=O) groups excluding carboxylic acids is 2. The van der Waals surface area contributed by atoms with Crippen molar-refractivity contribution in [1.29, 1.82) is 0 Å². The molecule has 4 N–H and O–H groups in total. The molecule has 1 saturated heterocycles. The van der Waals surface area contributed by atoms with Gasteiger partial charge in [-0.1, -0.05) is 19.1 Å². The zero-order valence-corrected chi connectivity index (χ0v) is 14.2. The highest BCUT2D eigenvalue weighted by Gasteiger charge is 2.35. The molecule has 1 aromatic rings. The summed E-state index contributed by atoms with van der Waals surface area (Å²) in [6.45, 7) is 4.08. The van der Waals surface area contributed by atoms with Gasteiger partial charge in [0.15, 0.2) is 0 Å². The van der Waals surface area contributed by atoms with Gasteiger partial charge in [-0.3, -0.25) is 9.59 Å². The predicted octanol–water partition coefficient (Wildman–Crippen LogP) is 1.50. The molecule has 1 unspecified atom stereocenters. The van der Waals surface area contributed by atoms with Crippen LogP contribution in [0.1, 0.15) is 23.7 Å². The van der Waals surface area contributed by atoms with Crippen molar-refractivity contribution in [3.63, 3.8) is 0 Å². The molecule has 0 saturated carbocycles. The molecule has 1 aliphatic rings. The van der Waals surface area contributed by atoms with Crippen molar-refractivity contribution < 1.29 is 9.59 Å². The number of nitrogens with zero attached hydrogens (tertiary/aromatic N) is 1. The molecule has 0 spiro atoms. The highest BCUT2D eigenvalue weighted by Crippen LogP contribution is 2.31. The van der Waals surface area contributed by atoms with Gasteiger partial charge in [0.2, 0.25) is 5.91 Å². The summed E-state index contributed by atoms with van der Waals surface area (Å²) in [5.41, 5.74) is 11.6. The summed E-state index contributed by atoms with van der Waals surface area (Å²) in [5, 5.41) is 0. The maximum Gasteiger partial charge on any atom is 0.255 e. The van der Waals surface area contributed by atoms with Gasteiger partial charge in [0.1, 0.15) is 0 Å². The van der Waals surface area contributed by atoms with Crippen molar-refractivity contribution in [2.24, 2.45) is 16.9 Å². The molecule has 1 heterocycles. The monoisotopic (exact) mass is 343 g/mol. The van der Waals surface area contributed by atoms with Gasteiger partial charge in [0.05, 0.1) is 11.3 Å². The second-order valence-corrected chi connectivity index (χ2v) is 6.76. The van der Waals surface area contributed by atoms with Gasteiger partial charge in [-0.2, -0.15) is 0 Å². The van der Waals surface area contributed by atoms with E-state index >= 15 is 0 Å². The van der Waals surface area contributed by atoms with Gasteiger partial charge >= 0.3 is 0 Å². The van der Waals surface area contributed by atoms with Crippen LogP contribution in [0.2, 0.25) is 0 Å². The molecular weight excluding hydrogens is 322 g/mol. The zero-order valence-electron chi connectivity index (χ0n) is 12.6. The van der Waals surface area contributed by atoms with Crippen LogP contribution in [0.5, 0.6) is 0 Å². The molecule has 7 heteroatoms. The highest BCUT2D eigenvalue weighted by molar-refractivity contribution is 8.00. The summed E-state index contributed by atoms with van der Waals surface area (Å²) >= 11 is 1.30. The maximum atomic E-state index is 12.7. The molecule has 0 bridgehead atoms. The molecule has 122 valence electrons. The Morgan fingerprint density at radius 2 is 2.05 bits per heavy atom. The summed E-state index contributed by atoms with van der Waals surface area (Å²) < 4.78 is 0. The second-order valence-electron chi connectivity index (χ2n) is 5.74. The minimum absolute atomic E-state index is 0. The third-order valence-electron chi connectivity index (χ3n) is 3.83. The Balaban J connectivity index is 0.00000242. The van der Waals surface area contributed by atoms with E-state index in [0.29, 0.717) is 18.7 Å². The molecule has 1 aliphatic heterocycles. The van der Waals surface area contributed by atoms with E-state index in [0.717, 1.165) is 17.9 Å². The first-order valence-corrected chi connectivity index (χ1v) is 7.93. The van der Waals surface area contributed by atoms with Crippen LogP contribution < -0.4 is 11.5 Å². The van der Waals surface area contributed by atoms with Crippen LogP contribution in [-0.2, 0) is 4.79 Å². The van der Waals surface area contributed by atoms with Crippen molar-refractivity contribution in [2.45, 2.75) is 18.2 Å². The van der Waals surface area contributed by atoms with Crippen molar-refractivity contribution >= 4 is 36.0 Å². The molecule has 5 nitrogen and oxygen atoms in total. The van der Waals surface area contributed by atoms with Crippen molar-refractivity contribution in [3.8, 4) is 0 Å². The first-order chi connectivity index (χ1) is 9.95. The minimum atomic E-state index is -0.390. The van der Waals surface area contributed by atoms with Gasteiger partial charge in [0, 0.05) is 18.0 Å².